The lowest BCUT2D eigenvalue weighted by Crippen LogP contribution is -2.50. The standard InChI is InChI=1S/C21H23N3O3S/c1-16(2)18-6-8-19(9-7-18)21(25)23-10-12-24(13-11-23)28(26,27)20-5-3-4-17(14-20)15-22/h3-9,14,16H,10-13H2,1-2H3. The number of benzene rings is 2. The summed E-state index contributed by atoms with van der Waals surface area (Å²) in [6, 6.07) is 15.5. The number of carbonyl (C=O) groups is 1. The molecule has 2 aromatic rings. The molecule has 1 amide bonds. The van der Waals surface area contributed by atoms with E-state index in [0.717, 1.165) is 0 Å². The molecule has 1 fully saturated rings. The average molecular weight is 398 g/mol. The number of rotatable bonds is 4. The van der Waals surface area contributed by atoms with Gasteiger partial charge in [0, 0.05) is 31.7 Å². The fraction of sp³-hybridized carbons (Fsp3) is 0.333. The highest BCUT2D eigenvalue weighted by atomic mass is 32.2. The van der Waals surface area contributed by atoms with E-state index >= 15 is 0 Å². The molecule has 0 atom stereocenters. The summed E-state index contributed by atoms with van der Waals surface area (Å²) in [5, 5.41) is 8.99. The van der Waals surface area contributed by atoms with Crippen LogP contribution in [-0.2, 0) is 10.0 Å². The van der Waals surface area contributed by atoms with Crippen molar-refractivity contribution >= 4 is 15.9 Å². The third-order valence-electron chi connectivity index (χ3n) is 4.95. The van der Waals surface area contributed by atoms with Crippen LogP contribution < -0.4 is 0 Å². The van der Waals surface area contributed by atoms with Gasteiger partial charge >= 0.3 is 0 Å². The van der Waals surface area contributed by atoms with Gasteiger partial charge in [0.25, 0.3) is 5.91 Å². The van der Waals surface area contributed by atoms with Crippen molar-refractivity contribution in [2.45, 2.75) is 24.7 Å². The van der Waals surface area contributed by atoms with E-state index in [1.807, 2.05) is 30.3 Å². The normalized spacial score (nSPS) is 15.4. The van der Waals surface area contributed by atoms with Crippen LogP contribution in [0.25, 0.3) is 0 Å². The van der Waals surface area contributed by atoms with Gasteiger partial charge in [-0.1, -0.05) is 32.0 Å². The van der Waals surface area contributed by atoms with Gasteiger partial charge in [0.2, 0.25) is 10.0 Å². The Morgan fingerprint density at radius 3 is 2.25 bits per heavy atom. The van der Waals surface area contributed by atoms with Gasteiger partial charge in [0.1, 0.15) is 0 Å². The SMILES string of the molecule is CC(C)c1ccc(C(=O)N2CCN(S(=O)(=O)c3cccc(C#N)c3)CC2)cc1. The number of hydrogen-bond acceptors (Lipinski definition) is 4. The van der Waals surface area contributed by atoms with E-state index in [0.29, 0.717) is 30.1 Å². The summed E-state index contributed by atoms with van der Waals surface area (Å²) in [5.41, 5.74) is 2.09. The molecule has 1 aliphatic rings. The van der Waals surface area contributed by atoms with E-state index in [-0.39, 0.29) is 23.9 Å². The highest BCUT2D eigenvalue weighted by Crippen LogP contribution is 2.20. The molecule has 0 saturated carbocycles. The fourth-order valence-corrected chi connectivity index (χ4v) is 4.67. The summed E-state index contributed by atoms with van der Waals surface area (Å²) < 4.78 is 27.0. The maximum atomic E-state index is 12.8. The Labute approximate surface area is 166 Å². The number of nitrogens with zero attached hydrogens (tertiary/aromatic N) is 3. The minimum atomic E-state index is -3.68. The molecule has 0 unspecified atom stereocenters. The lowest BCUT2D eigenvalue weighted by atomic mass is 10.0. The molecule has 3 rings (SSSR count). The molecule has 1 heterocycles. The third kappa shape index (κ3) is 4.08. The largest absolute Gasteiger partial charge is 0.336 e. The van der Waals surface area contributed by atoms with Crippen LogP contribution in [0.15, 0.2) is 53.4 Å². The van der Waals surface area contributed by atoms with Crippen molar-refractivity contribution in [3.63, 3.8) is 0 Å². The van der Waals surface area contributed by atoms with Crippen molar-refractivity contribution in [3.8, 4) is 6.07 Å². The predicted molar refractivity (Wildman–Crippen MR) is 106 cm³/mol. The first-order valence-electron chi connectivity index (χ1n) is 9.22. The number of carbonyl (C=O) groups excluding carboxylic acids is 1. The van der Waals surface area contributed by atoms with Gasteiger partial charge in [0.15, 0.2) is 0 Å². The molecule has 0 aromatic heterocycles. The average Bonchev–Trinajstić information content (AvgIpc) is 2.73. The third-order valence-corrected chi connectivity index (χ3v) is 6.85. The summed E-state index contributed by atoms with van der Waals surface area (Å²) in [6.07, 6.45) is 0. The first-order chi connectivity index (χ1) is 13.3. The van der Waals surface area contributed by atoms with E-state index in [2.05, 4.69) is 13.8 Å². The van der Waals surface area contributed by atoms with Crippen molar-refractivity contribution in [2.75, 3.05) is 26.2 Å². The maximum absolute atomic E-state index is 12.8. The van der Waals surface area contributed by atoms with Gasteiger partial charge in [-0.25, -0.2) is 8.42 Å². The highest BCUT2D eigenvalue weighted by molar-refractivity contribution is 7.89. The second kappa shape index (κ2) is 8.13. The Bertz CT molecular complexity index is 1000. The zero-order valence-corrected chi connectivity index (χ0v) is 16.8. The summed E-state index contributed by atoms with van der Waals surface area (Å²) in [4.78, 5) is 14.5. The van der Waals surface area contributed by atoms with Crippen molar-refractivity contribution in [3.05, 3.63) is 65.2 Å². The zero-order chi connectivity index (χ0) is 20.3. The van der Waals surface area contributed by atoms with Crippen molar-refractivity contribution in [1.82, 2.24) is 9.21 Å². The Kier molecular flexibility index (Phi) is 5.82. The Balaban J connectivity index is 1.68. The first kappa shape index (κ1) is 20.1. The lowest BCUT2D eigenvalue weighted by Gasteiger charge is -2.34. The first-order valence-corrected chi connectivity index (χ1v) is 10.7. The van der Waals surface area contributed by atoms with Gasteiger partial charge in [0.05, 0.1) is 16.5 Å². The number of hydrogen-bond donors (Lipinski definition) is 0. The van der Waals surface area contributed by atoms with Gasteiger partial charge in [-0.05, 0) is 41.8 Å². The van der Waals surface area contributed by atoms with Crippen molar-refractivity contribution < 1.29 is 13.2 Å². The molecule has 0 bridgehead atoms. The number of nitriles is 1. The van der Waals surface area contributed by atoms with Crippen molar-refractivity contribution in [1.29, 1.82) is 5.26 Å². The molecule has 0 radical (unpaired) electrons. The Morgan fingerprint density at radius 2 is 1.68 bits per heavy atom. The molecule has 0 N–H and O–H groups in total. The molecule has 7 heteroatoms. The van der Waals surface area contributed by atoms with Crippen LogP contribution >= 0.6 is 0 Å². The quantitative estimate of drug-likeness (QED) is 0.794. The van der Waals surface area contributed by atoms with E-state index in [1.54, 1.807) is 17.0 Å². The van der Waals surface area contributed by atoms with Crippen LogP contribution in [0.4, 0.5) is 0 Å². The van der Waals surface area contributed by atoms with Gasteiger partial charge in [-0.2, -0.15) is 9.57 Å². The van der Waals surface area contributed by atoms with Crippen molar-refractivity contribution in [2.24, 2.45) is 0 Å². The summed E-state index contributed by atoms with van der Waals surface area (Å²) >= 11 is 0. The second-order valence-electron chi connectivity index (χ2n) is 7.11. The van der Waals surface area contributed by atoms with Gasteiger partial charge < -0.3 is 4.90 Å². The second-order valence-corrected chi connectivity index (χ2v) is 9.05. The molecule has 146 valence electrons. The van der Waals surface area contributed by atoms with Crippen LogP contribution in [0.5, 0.6) is 0 Å². The monoisotopic (exact) mass is 397 g/mol. The maximum Gasteiger partial charge on any atom is 0.253 e. The zero-order valence-electron chi connectivity index (χ0n) is 16.0. The van der Waals surface area contributed by atoms with Gasteiger partial charge in [-0.3, -0.25) is 4.79 Å². The number of piperazine rings is 1. The molecule has 6 nitrogen and oxygen atoms in total. The Hall–Kier alpha value is -2.69. The number of sulfonamides is 1. The topological polar surface area (TPSA) is 81.5 Å². The summed E-state index contributed by atoms with van der Waals surface area (Å²) in [6.45, 7) is 5.33. The van der Waals surface area contributed by atoms with E-state index < -0.39 is 10.0 Å². The van der Waals surface area contributed by atoms with Crippen LogP contribution in [0.3, 0.4) is 0 Å². The van der Waals surface area contributed by atoms with Gasteiger partial charge in [-0.15, -0.1) is 0 Å². The van der Waals surface area contributed by atoms with E-state index in [4.69, 9.17) is 5.26 Å². The predicted octanol–water partition coefficient (Wildman–Crippen LogP) is 2.83. The molecule has 0 spiro atoms. The van der Waals surface area contributed by atoms with Crippen LogP contribution in [0.1, 0.15) is 41.3 Å². The molecule has 1 saturated heterocycles. The lowest BCUT2D eigenvalue weighted by molar-refractivity contribution is 0.0698. The van der Waals surface area contributed by atoms with E-state index in [1.165, 1.54) is 22.0 Å². The minimum Gasteiger partial charge on any atom is -0.336 e. The number of amides is 1. The summed E-state index contributed by atoms with van der Waals surface area (Å²) in [5.74, 6) is 0.316. The van der Waals surface area contributed by atoms with E-state index in [9.17, 15) is 13.2 Å². The van der Waals surface area contributed by atoms with Crippen LogP contribution in [0.2, 0.25) is 0 Å². The fourth-order valence-electron chi connectivity index (χ4n) is 3.20. The molecular weight excluding hydrogens is 374 g/mol. The smallest absolute Gasteiger partial charge is 0.253 e. The molecular formula is C21H23N3O3S. The van der Waals surface area contributed by atoms with Crippen LogP contribution in [-0.4, -0.2) is 49.7 Å². The molecule has 0 aliphatic carbocycles. The molecule has 2 aromatic carbocycles. The molecule has 1 aliphatic heterocycles. The minimum absolute atomic E-state index is 0.0844. The molecule has 28 heavy (non-hydrogen) atoms. The van der Waals surface area contributed by atoms with Crippen LogP contribution in [0, 0.1) is 11.3 Å². The highest BCUT2D eigenvalue weighted by Gasteiger charge is 2.30. The summed E-state index contributed by atoms with van der Waals surface area (Å²) in [7, 11) is -3.68. The Morgan fingerprint density at radius 1 is 1.04 bits per heavy atom.